The van der Waals surface area contributed by atoms with Gasteiger partial charge in [-0.1, -0.05) is 6.58 Å². The third-order valence-electron chi connectivity index (χ3n) is 15.1. The Labute approximate surface area is 96.4 Å². The molecule has 18 heavy (non-hydrogen) atoms. The fraction of sp³-hybridized carbons (Fsp3) is 0.800. The normalized spacial score (nSPS) is 107. The second kappa shape index (κ2) is 0.620. The van der Waals surface area contributed by atoms with E-state index in [4.69, 9.17) is 0 Å². The Hall–Kier alpha value is -0.271. The fourth-order valence-corrected chi connectivity index (χ4v) is 88.2. The van der Waals surface area contributed by atoms with Crippen molar-refractivity contribution in [1.82, 2.24) is 0 Å². The van der Waals surface area contributed by atoms with Gasteiger partial charge in [-0.2, -0.15) is 0 Å². The average molecular weight is 286 g/mol. The van der Waals surface area contributed by atoms with E-state index in [9.17, 15) is 4.79 Å². The van der Waals surface area contributed by atoms with Crippen LogP contribution in [0.2, 0.25) is 48.2 Å². The molecule has 0 atom stereocenters. The number of fused-ring (bicyclic) bond motifs is 10. The zero-order valence-electron chi connectivity index (χ0n) is 10.7. The Morgan fingerprint density at radius 1 is 0.889 bits per heavy atom. The van der Waals surface area contributed by atoms with Gasteiger partial charge in [-0.3, -0.25) is 0 Å². The topological polar surface area (TPSA) is 26.3 Å². The summed E-state index contributed by atoms with van der Waals surface area (Å²) >= 11 is 0. The Morgan fingerprint density at radius 2 is 1.17 bits per heavy atom. The minimum absolute atomic E-state index is 0.347. The molecule has 0 aromatic heterocycles. The molecule has 10 saturated heterocycles. The zero-order valence-corrected chi connectivity index (χ0v) is 11.8. The van der Waals surface area contributed by atoms with Crippen molar-refractivity contribution in [2.75, 3.05) is 7.11 Å². The van der Waals surface area contributed by atoms with Crippen molar-refractivity contribution >= 4 is 5.97 Å². The van der Waals surface area contributed by atoms with Crippen LogP contribution in [0.5, 0.6) is 0 Å². The van der Waals surface area contributed by atoms with E-state index < -0.39 is 6.51 Å². The predicted octanol–water partition coefficient (Wildman–Crippen LogP) is 4.11. The van der Waals surface area contributed by atoms with E-state index in [-0.39, 0.29) is 5.97 Å². The molecule has 3 heteroatoms. The number of methoxy groups -OCH3 is 1. The zero-order chi connectivity index (χ0) is 12.0. The molecule has 10 rings (SSSR count). The monoisotopic (exact) mass is 286 g/mol. The van der Waals surface area contributed by atoms with Gasteiger partial charge in [-0.05, 0) is 6.92 Å². The third-order valence-corrected chi connectivity index (χ3v) is 57.0. The standard InChI is InChI=1S/C5H8O2.2C5H5.Fe/c1-4(2)5(6)7-3;2*1-2-4-5-3-1;/h1H2,2-3H3;2*1-5H;. The van der Waals surface area contributed by atoms with E-state index in [1.54, 1.807) is 55.1 Å². The summed E-state index contributed by atoms with van der Waals surface area (Å²) < 4.78 is 4.27. The Morgan fingerprint density at radius 3 is 1.17 bits per heavy atom. The van der Waals surface area contributed by atoms with Gasteiger partial charge in [0.2, 0.25) is 0 Å². The summed E-state index contributed by atoms with van der Waals surface area (Å²) in [7, 11) is 1.33. The van der Waals surface area contributed by atoms with Crippen molar-refractivity contribution in [3.63, 3.8) is 0 Å². The summed E-state index contributed by atoms with van der Waals surface area (Å²) in [5, 5.41) is 0. The first kappa shape index (κ1) is 7.50. The van der Waals surface area contributed by atoms with Gasteiger partial charge < -0.3 is 4.74 Å². The van der Waals surface area contributed by atoms with Crippen LogP contribution in [0.3, 0.4) is 0 Å². The van der Waals surface area contributed by atoms with E-state index in [1.807, 2.05) is 0 Å². The van der Waals surface area contributed by atoms with Crippen LogP contribution in [0.4, 0.5) is 0 Å². The molecule has 2 nitrogen and oxygen atoms in total. The quantitative estimate of drug-likeness (QED) is 0.412. The van der Waals surface area contributed by atoms with E-state index in [2.05, 4.69) is 11.3 Å². The van der Waals surface area contributed by atoms with E-state index in [0.29, 0.717) is 5.57 Å². The van der Waals surface area contributed by atoms with E-state index in [0.717, 1.165) is 0 Å². The molecule has 0 N–H and O–H groups in total. The maximum absolute atomic E-state index is 10.2. The molecule has 0 unspecified atom stereocenters. The van der Waals surface area contributed by atoms with Crippen molar-refractivity contribution in [2.24, 2.45) is 0 Å². The van der Waals surface area contributed by atoms with Gasteiger partial charge in [0.15, 0.2) is 0 Å². The first-order valence-electron chi connectivity index (χ1n) is 7.29. The summed E-state index contributed by atoms with van der Waals surface area (Å²) in [6, 6.07) is 0. The second-order valence-corrected chi connectivity index (χ2v) is 34.8. The fourth-order valence-electron chi connectivity index (χ4n) is 16.0. The Kier molecular flexibility index (Phi) is 0.258. The molecular formula is C15H18FeO2. The summed E-state index contributed by atoms with van der Waals surface area (Å²) in [6.07, 6.45) is 0. The first-order valence-corrected chi connectivity index (χ1v) is 13.7. The van der Waals surface area contributed by atoms with Gasteiger partial charge in [-0.25, -0.2) is 4.79 Å². The molecule has 10 heterocycles. The van der Waals surface area contributed by atoms with Crippen LogP contribution in [-0.2, 0) is 16.0 Å². The van der Waals surface area contributed by atoms with Crippen LogP contribution in [0.1, 0.15) is 6.92 Å². The average Bonchev–Trinajstić information content (AvgIpc) is 3.30. The number of ether oxygens (including phenoxy) is 1. The van der Waals surface area contributed by atoms with E-state index >= 15 is 0 Å². The summed E-state index contributed by atoms with van der Waals surface area (Å²) in [6.45, 7) is 2.67. The molecule has 10 aliphatic rings. The molecule has 0 amide bonds. The Balaban J connectivity index is 0.0000000885. The number of carbonyl (C=O) groups excluding carboxylic acids is 1. The van der Waals surface area contributed by atoms with Gasteiger partial charge in [0.25, 0.3) is 0 Å². The molecule has 0 saturated carbocycles. The van der Waals surface area contributed by atoms with Crippen LogP contribution < -0.4 is 0 Å². The molecular weight excluding hydrogens is 268 g/mol. The van der Waals surface area contributed by atoms with Crippen LogP contribution in [0.15, 0.2) is 12.2 Å². The van der Waals surface area contributed by atoms with Gasteiger partial charge in [0.05, 0.1) is 7.11 Å². The van der Waals surface area contributed by atoms with Crippen molar-refractivity contribution in [3.8, 4) is 0 Å². The minimum atomic E-state index is -2.28. The van der Waals surface area contributed by atoms with Crippen molar-refractivity contribution < 1.29 is 16.0 Å². The summed E-state index contributed by atoms with van der Waals surface area (Å²) in [5.41, 5.74) is 0.433. The predicted molar refractivity (Wildman–Crippen MR) is 64.3 cm³/mol. The molecule has 1 spiro atoms. The van der Waals surface area contributed by atoms with Crippen LogP contribution in [0.25, 0.3) is 0 Å². The van der Waals surface area contributed by atoms with E-state index in [1.165, 1.54) is 7.11 Å². The third kappa shape index (κ3) is 0.0806. The number of hydrogen-bond acceptors (Lipinski definition) is 2. The summed E-state index contributed by atoms with van der Waals surface area (Å²) in [4.78, 5) is 26.1. The van der Waals surface area contributed by atoms with Gasteiger partial charge in [-0.15, -0.1) is 0 Å². The SMILES string of the molecule is C=C(C)C(=O)OC.[CH]12[CH]3[CH]4[CH]5[CH]1[Fe]23451678[CH]2[CH]1[CH]6[CH]7[CH]28. The van der Waals surface area contributed by atoms with Gasteiger partial charge >= 0.3 is 60.6 Å². The molecule has 10 aliphatic heterocycles. The second-order valence-electron chi connectivity index (χ2n) is 10.9. The van der Waals surface area contributed by atoms with Crippen molar-refractivity contribution in [3.05, 3.63) is 12.2 Å². The van der Waals surface area contributed by atoms with Gasteiger partial charge in [0.1, 0.15) is 0 Å². The molecule has 10 fully saturated rings. The number of rotatable bonds is 1. The number of carbonyl (C=O) groups is 1. The molecule has 0 radical (unpaired) electrons. The van der Waals surface area contributed by atoms with Gasteiger partial charge in [0, 0.05) is 5.57 Å². The van der Waals surface area contributed by atoms with Crippen molar-refractivity contribution in [2.45, 2.75) is 55.1 Å². The number of hydrogen-bond donors (Lipinski definition) is 0. The first-order chi connectivity index (χ1) is 8.34. The molecule has 0 bridgehead atoms. The molecule has 0 aliphatic carbocycles. The van der Waals surface area contributed by atoms with Crippen LogP contribution >= 0.6 is 0 Å². The van der Waals surface area contributed by atoms with Crippen LogP contribution in [-0.4, -0.2) is 13.1 Å². The maximum atomic E-state index is 10.2. The number of esters is 1. The Bertz CT molecular complexity index is 777. The molecule has 98 valence electrons. The molecule has 0 aromatic carbocycles. The molecule has 0 aromatic rings. The summed E-state index contributed by atoms with van der Waals surface area (Å²) in [5.74, 6) is -0.347. The van der Waals surface area contributed by atoms with Crippen molar-refractivity contribution in [1.29, 1.82) is 0 Å². The van der Waals surface area contributed by atoms with Crippen LogP contribution in [0, 0.1) is 0 Å².